The number of carbonyl (C=O) groups excluding carboxylic acids is 2. The van der Waals surface area contributed by atoms with Crippen molar-refractivity contribution in [2.45, 2.75) is 39.4 Å². The van der Waals surface area contributed by atoms with Crippen LogP contribution in [0.1, 0.15) is 27.2 Å². The fraction of sp³-hybridized carbons (Fsp3) is 0.529. The maximum atomic E-state index is 11.9. The van der Waals surface area contributed by atoms with Gasteiger partial charge in [0.25, 0.3) is 0 Å². The first-order valence-electron chi connectivity index (χ1n) is 7.07. The predicted octanol–water partition coefficient (Wildman–Crippen LogP) is 2.80. The van der Waals surface area contributed by atoms with Gasteiger partial charge in [-0.3, -0.25) is 4.79 Å². The van der Waals surface area contributed by atoms with Gasteiger partial charge in [0.1, 0.15) is 12.2 Å². The molecule has 1 aliphatic heterocycles. The Labute approximate surface area is 125 Å². The number of carbonyl (C=O) groups is 2. The molecule has 21 heavy (non-hydrogen) atoms. The number of esters is 2. The fourth-order valence-corrected chi connectivity index (χ4v) is 3.76. The van der Waals surface area contributed by atoms with Crippen LogP contribution in [-0.2, 0) is 19.1 Å². The lowest BCUT2D eigenvalue weighted by molar-refractivity contribution is -0.160. The normalized spacial score (nSPS) is 38.4. The first-order chi connectivity index (χ1) is 9.71. The molecular weight excluding hydrogens is 268 g/mol. The minimum Gasteiger partial charge on any atom is -0.462 e. The molecule has 0 spiro atoms. The smallest absolute Gasteiger partial charge is 0.334 e. The standard InChI is InChI=1S/C17H22O4/c1-7-17(6)8-12(20-11(5)18)13-10(4)16(19)21-15(13)14(17)9(2)3/h7,12-15H,1-2,4,8H2,3,5-6H3/t12-,13-,14-,15+,17-/m1/s1. The molecule has 1 saturated heterocycles. The molecule has 0 aromatic rings. The molecule has 0 radical (unpaired) electrons. The molecule has 4 nitrogen and oxygen atoms in total. The summed E-state index contributed by atoms with van der Waals surface area (Å²) in [4.78, 5) is 23.3. The molecule has 0 amide bonds. The van der Waals surface area contributed by atoms with E-state index in [1.807, 2.05) is 19.9 Å². The van der Waals surface area contributed by atoms with Crippen molar-refractivity contribution >= 4 is 11.9 Å². The maximum Gasteiger partial charge on any atom is 0.334 e. The second kappa shape index (κ2) is 5.17. The van der Waals surface area contributed by atoms with Crippen LogP contribution in [-0.4, -0.2) is 24.1 Å². The molecule has 2 fully saturated rings. The molecule has 1 aliphatic carbocycles. The quantitative estimate of drug-likeness (QED) is 0.455. The lowest BCUT2D eigenvalue weighted by Crippen LogP contribution is -2.51. The van der Waals surface area contributed by atoms with Gasteiger partial charge < -0.3 is 9.47 Å². The van der Waals surface area contributed by atoms with E-state index >= 15 is 0 Å². The van der Waals surface area contributed by atoms with Gasteiger partial charge in [0.2, 0.25) is 0 Å². The van der Waals surface area contributed by atoms with Crippen molar-refractivity contribution < 1.29 is 19.1 Å². The van der Waals surface area contributed by atoms with E-state index in [0.717, 1.165) is 5.57 Å². The van der Waals surface area contributed by atoms with E-state index in [-0.39, 0.29) is 23.2 Å². The minimum absolute atomic E-state index is 0.0602. The van der Waals surface area contributed by atoms with Gasteiger partial charge in [-0.05, 0) is 18.8 Å². The predicted molar refractivity (Wildman–Crippen MR) is 79.3 cm³/mol. The average molecular weight is 290 g/mol. The van der Waals surface area contributed by atoms with Crippen LogP contribution in [0.4, 0.5) is 0 Å². The highest BCUT2D eigenvalue weighted by Gasteiger charge is 2.57. The van der Waals surface area contributed by atoms with Gasteiger partial charge in [-0.2, -0.15) is 0 Å². The second-order valence-electron chi connectivity index (χ2n) is 6.31. The molecule has 114 valence electrons. The van der Waals surface area contributed by atoms with Crippen LogP contribution in [0.2, 0.25) is 0 Å². The van der Waals surface area contributed by atoms with Crippen molar-refractivity contribution in [2.24, 2.45) is 17.3 Å². The first kappa shape index (κ1) is 15.5. The van der Waals surface area contributed by atoms with Crippen molar-refractivity contribution in [3.8, 4) is 0 Å². The van der Waals surface area contributed by atoms with E-state index in [4.69, 9.17) is 9.47 Å². The summed E-state index contributed by atoms with van der Waals surface area (Å²) in [6.45, 7) is 17.1. The third kappa shape index (κ3) is 2.43. The number of allylic oxidation sites excluding steroid dienone is 1. The maximum absolute atomic E-state index is 11.9. The molecule has 0 aromatic carbocycles. The van der Waals surface area contributed by atoms with E-state index < -0.39 is 18.2 Å². The summed E-state index contributed by atoms with van der Waals surface area (Å²) < 4.78 is 11.0. The van der Waals surface area contributed by atoms with E-state index in [1.54, 1.807) is 0 Å². The third-order valence-corrected chi connectivity index (χ3v) is 4.66. The summed E-state index contributed by atoms with van der Waals surface area (Å²) >= 11 is 0. The van der Waals surface area contributed by atoms with Crippen molar-refractivity contribution in [2.75, 3.05) is 0 Å². The molecule has 2 rings (SSSR count). The van der Waals surface area contributed by atoms with Crippen molar-refractivity contribution in [1.82, 2.24) is 0 Å². The van der Waals surface area contributed by atoms with Gasteiger partial charge >= 0.3 is 11.9 Å². The van der Waals surface area contributed by atoms with E-state index in [2.05, 4.69) is 19.7 Å². The number of ether oxygens (including phenoxy) is 2. The second-order valence-corrected chi connectivity index (χ2v) is 6.31. The highest BCUT2D eigenvalue weighted by molar-refractivity contribution is 5.91. The highest BCUT2D eigenvalue weighted by Crippen LogP contribution is 2.53. The number of hydrogen-bond donors (Lipinski definition) is 0. The molecular formula is C17H22O4. The van der Waals surface area contributed by atoms with Crippen LogP contribution in [0, 0.1) is 17.3 Å². The summed E-state index contributed by atoms with van der Waals surface area (Å²) in [5, 5.41) is 0. The highest BCUT2D eigenvalue weighted by atomic mass is 16.6. The zero-order valence-corrected chi connectivity index (χ0v) is 12.8. The average Bonchev–Trinajstić information content (AvgIpc) is 2.64. The number of fused-ring (bicyclic) bond motifs is 1. The Morgan fingerprint density at radius 2 is 2.10 bits per heavy atom. The molecule has 1 heterocycles. The Bertz CT molecular complexity index is 533. The van der Waals surface area contributed by atoms with Gasteiger partial charge in [-0.25, -0.2) is 4.79 Å². The van der Waals surface area contributed by atoms with Crippen LogP contribution in [0.15, 0.2) is 37.0 Å². The van der Waals surface area contributed by atoms with Gasteiger partial charge in [0.15, 0.2) is 0 Å². The first-order valence-corrected chi connectivity index (χ1v) is 7.07. The Morgan fingerprint density at radius 3 is 2.57 bits per heavy atom. The zero-order chi connectivity index (χ0) is 15.9. The monoisotopic (exact) mass is 290 g/mol. The fourth-order valence-electron chi connectivity index (χ4n) is 3.76. The van der Waals surface area contributed by atoms with Crippen molar-refractivity contribution in [3.05, 3.63) is 37.0 Å². The molecule has 1 saturated carbocycles. The molecule has 2 aliphatic rings. The number of rotatable bonds is 3. The van der Waals surface area contributed by atoms with Crippen LogP contribution in [0.25, 0.3) is 0 Å². The Morgan fingerprint density at radius 1 is 1.48 bits per heavy atom. The molecule has 0 unspecified atom stereocenters. The summed E-state index contributed by atoms with van der Waals surface area (Å²) in [6.07, 6.45) is 1.59. The van der Waals surface area contributed by atoms with E-state index in [0.29, 0.717) is 12.0 Å². The molecule has 4 heteroatoms. The topological polar surface area (TPSA) is 52.6 Å². The van der Waals surface area contributed by atoms with Crippen molar-refractivity contribution in [1.29, 1.82) is 0 Å². The van der Waals surface area contributed by atoms with Gasteiger partial charge in [-0.15, -0.1) is 6.58 Å². The van der Waals surface area contributed by atoms with E-state index in [1.165, 1.54) is 6.92 Å². The van der Waals surface area contributed by atoms with Crippen LogP contribution >= 0.6 is 0 Å². The summed E-state index contributed by atoms with van der Waals surface area (Å²) in [6, 6.07) is 0. The molecule has 0 N–H and O–H groups in total. The Balaban J connectivity index is 2.48. The SMILES string of the molecule is C=C[C@]1(C)C[C@@H](OC(C)=O)[C@H]2C(=C)C(=O)O[C@@H]2[C@H]1C(=C)C. The zero-order valence-electron chi connectivity index (χ0n) is 12.8. The van der Waals surface area contributed by atoms with Gasteiger partial charge in [0, 0.05) is 18.4 Å². The molecule has 0 bridgehead atoms. The van der Waals surface area contributed by atoms with Crippen LogP contribution < -0.4 is 0 Å². The largest absolute Gasteiger partial charge is 0.462 e. The summed E-state index contributed by atoms with van der Waals surface area (Å²) in [5.74, 6) is -1.15. The Kier molecular flexibility index (Phi) is 3.83. The van der Waals surface area contributed by atoms with Gasteiger partial charge in [0.05, 0.1) is 5.92 Å². The van der Waals surface area contributed by atoms with E-state index in [9.17, 15) is 9.59 Å². The summed E-state index contributed by atoms with van der Waals surface area (Å²) in [5.41, 5.74) is 0.956. The number of hydrogen-bond acceptors (Lipinski definition) is 4. The third-order valence-electron chi connectivity index (χ3n) is 4.66. The minimum atomic E-state index is -0.426. The molecule has 0 aromatic heterocycles. The lowest BCUT2D eigenvalue weighted by atomic mass is 9.59. The van der Waals surface area contributed by atoms with Gasteiger partial charge in [-0.1, -0.05) is 31.7 Å². The van der Waals surface area contributed by atoms with Crippen LogP contribution in [0.5, 0.6) is 0 Å². The van der Waals surface area contributed by atoms with Crippen molar-refractivity contribution in [3.63, 3.8) is 0 Å². The lowest BCUT2D eigenvalue weighted by Gasteiger charge is -2.48. The summed E-state index contributed by atoms with van der Waals surface area (Å²) in [7, 11) is 0. The van der Waals surface area contributed by atoms with Crippen LogP contribution in [0.3, 0.4) is 0 Å². The molecule has 5 atom stereocenters. The Hall–Kier alpha value is -1.84.